The van der Waals surface area contributed by atoms with E-state index >= 15 is 0 Å². The van der Waals surface area contributed by atoms with Crippen molar-refractivity contribution in [1.29, 1.82) is 0 Å². The van der Waals surface area contributed by atoms with Gasteiger partial charge in [0, 0.05) is 17.6 Å². The maximum Gasteiger partial charge on any atom is 0.432 e. The van der Waals surface area contributed by atoms with Crippen molar-refractivity contribution in [2.45, 2.75) is 19.7 Å². The lowest BCUT2D eigenvalue weighted by Crippen LogP contribution is -2.04. The van der Waals surface area contributed by atoms with E-state index in [1.165, 1.54) is 6.07 Å². The number of hydrogen-bond donors (Lipinski definition) is 3. The van der Waals surface area contributed by atoms with E-state index in [4.69, 9.17) is 16.3 Å². The van der Waals surface area contributed by atoms with Crippen LogP contribution >= 0.6 is 11.6 Å². The van der Waals surface area contributed by atoms with E-state index in [2.05, 4.69) is 15.6 Å². The van der Waals surface area contributed by atoms with Crippen molar-refractivity contribution in [1.82, 2.24) is 15.6 Å². The topological polar surface area (TPSA) is 82.5 Å². The Morgan fingerprint density at radius 1 is 1.11 bits per heavy atom. The van der Waals surface area contributed by atoms with Crippen LogP contribution in [0, 0.1) is 0 Å². The monoisotopic (exact) mass is 514 g/mol. The van der Waals surface area contributed by atoms with Crippen LogP contribution in [0.5, 0.6) is 11.5 Å². The highest BCUT2D eigenvalue weighted by Crippen LogP contribution is 2.45. The van der Waals surface area contributed by atoms with Gasteiger partial charge in [0.05, 0.1) is 17.0 Å². The van der Waals surface area contributed by atoms with Gasteiger partial charge < -0.3 is 15.3 Å². The molecule has 0 aliphatic carbocycles. The lowest BCUT2D eigenvalue weighted by atomic mass is 9.96. The van der Waals surface area contributed by atoms with Gasteiger partial charge in [-0.2, -0.15) is 23.4 Å². The van der Waals surface area contributed by atoms with Crippen molar-refractivity contribution in [3.63, 3.8) is 0 Å². The molecule has 4 aromatic rings. The van der Waals surface area contributed by atoms with E-state index in [0.717, 1.165) is 17.2 Å². The Balaban J connectivity index is 1.81. The number of rotatable bonds is 7. The van der Waals surface area contributed by atoms with Crippen molar-refractivity contribution < 1.29 is 23.0 Å². The molecule has 0 fully saturated rings. The zero-order chi connectivity index (χ0) is 25.9. The number of nitrogens with one attached hydrogen (secondary N) is 2. The number of halogens is 4. The Morgan fingerprint density at radius 3 is 2.53 bits per heavy atom. The minimum atomic E-state index is -4.59. The molecule has 3 aromatic carbocycles. The zero-order valence-corrected chi connectivity index (χ0v) is 20.1. The fraction of sp³-hybridized carbons (Fsp3) is 0.154. The summed E-state index contributed by atoms with van der Waals surface area (Å²) in [5, 5.41) is 21.8. The average molecular weight is 515 g/mol. The molecule has 3 N–H and O–H groups in total. The summed E-state index contributed by atoms with van der Waals surface area (Å²) in [5.74, 6) is 0.0855. The smallest absolute Gasteiger partial charge is 0.432 e. The van der Waals surface area contributed by atoms with Gasteiger partial charge in [0.1, 0.15) is 23.8 Å². The van der Waals surface area contributed by atoms with Crippen LogP contribution in [-0.4, -0.2) is 28.1 Å². The summed E-state index contributed by atoms with van der Waals surface area (Å²) in [6, 6.07) is 18.3. The lowest BCUT2D eigenvalue weighted by Gasteiger charge is -2.16. The first-order valence-electron chi connectivity index (χ1n) is 10.9. The van der Waals surface area contributed by atoms with Crippen molar-refractivity contribution in [3.05, 3.63) is 88.6 Å². The van der Waals surface area contributed by atoms with Crippen molar-refractivity contribution >= 4 is 17.3 Å². The second-order valence-electron chi connectivity index (χ2n) is 7.92. The predicted octanol–water partition coefficient (Wildman–Crippen LogP) is 6.64. The molecule has 0 saturated carbocycles. The first kappa shape index (κ1) is 25.1. The number of benzene rings is 3. The molecule has 0 aliphatic heterocycles. The largest absolute Gasteiger partial charge is 0.506 e. The SMILES string of the molecule is CN/N=C(/C)c1cccc(-c2c(OCc3ccc(Cl)cc3)ccc(-c3cc(C(F)(F)F)[nH]n3)c2O)c1. The number of H-pyrrole nitrogens is 1. The fourth-order valence-corrected chi connectivity index (χ4v) is 3.78. The minimum Gasteiger partial charge on any atom is -0.506 e. The number of alkyl halides is 3. The molecule has 0 saturated heterocycles. The maximum atomic E-state index is 13.1. The van der Waals surface area contributed by atoms with Crippen LogP contribution in [0.3, 0.4) is 0 Å². The van der Waals surface area contributed by atoms with Crippen LogP contribution in [0.15, 0.2) is 71.8 Å². The molecule has 0 spiro atoms. The lowest BCUT2D eigenvalue weighted by molar-refractivity contribution is -0.141. The van der Waals surface area contributed by atoms with Gasteiger partial charge >= 0.3 is 6.18 Å². The number of phenols is 1. The molecule has 0 bridgehead atoms. The highest BCUT2D eigenvalue weighted by atomic mass is 35.5. The van der Waals surface area contributed by atoms with E-state index < -0.39 is 11.9 Å². The molecule has 0 amide bonds. The molecule has 0 unspecified atom stereocenters. The number of aromatic amines is 1. The predicted molar refractivity (Wildman–Crippen MR) is 133 cm³/mol. The second-order valence-corrected chi connectivity index (χ2v) is 8.35. The van der Waals surface area contributed by atoms with Crippen LogP contribution in [0.25, 0.3) is 22.4 Å². The number of hydrogen-bond acceptors (Lipinski definition) is 5. The molecule has 10 heteroatoms. The summed E-state index contributed by atoms with van der Waals surface area (Å²) < 4.78 is 45.4. The van der Waals surface area contributed by atoms with Crippen LogP contribution in [-0.2, 0) is 12.8 Å². The van der Waals surface area contributed by atoms with E-state index in [-0.39, 0.29) is 23.6 Å². The van der Waals surface area contributed by atoms with E-state index in [1.807, 2.05) is 36.3 Å². The third-order valence-corrected chi connectivity index (χ3v) is 5.71. The third kappa shape index (κ3) is 5.46. The zero-order valence-electron chi connectivity index (χ0n) is 19.3. The van der Waals surface area contributed by atoms with E-state index in [1.54, 1.807) is 37.4 Å². The third-order valence-electron chi connectivity index (χ3n) is 5.46. The Bertz CT molecular complexity index is 1400. The summed E-state index contributed by atoms with van der Waals surface area (Å²) in [5.41, 5.74) is 5.06. The Hall–Kier alpha value is -3.98. The number of ether oxygens (including phenoxy) is 1. The van der Waals surface area contributed by atoms with Gasteiger partial charge in [-0.15, -0.1) is 0 Å². The fourth-order valence-electron chi connectivity index (χ4n) is 3.66. The molecule has 36 heavy (non-hydrogen) atoms. The number of phenolic OH excluding ortho intramolecular Hbond substituents is 1. The molecular formula is C26H22ClF3N4O2. The molecular weight excluding hydrogens is 493 g/mol. The summed E-state index contributed by atoms with van der Waals surface area (Å²) in [6.07, 6.45) is -4.59. The molecule has 6 nitrogen and oxygen atoms in total. The summed E-state index contributed by atoms with van der Waals surface area (Å²) in [6.45, 7) is 2.01. The van der Waals surface area contributed by atoms with Gasteiger partial charge in [-0.05, 0) is 60.0 Å². The molecule has 1 heterocycles. The summed E-state index contributed by atoms with van der Waals surface area (Å²) in [4.78, 5) is 0. The number of aromatic hydroxyl groups is 1. The Kier molecular flexibility index (Phi) is 7.21. The molecule has 0 atom stereocenters. The quantitative estimate of drug-likeness (QED) is 0.191. The highest BCUT2D eigenvalue weighted by molar-refractivity contribution is 6.30. The van der Waals surface area contributed by atoms with Gasteiger partial charge in [0.25, 0.3) is 0 Å². The second kappa shape index (κ2) is 10.3. The summed E-state index contributed by atoms with van der Waals surface area (Å²) >= 11 is 5.96. The maximum absolute atomic E-state index is 13.1. The Morgan fingerprint density at radius 2 is 1.86 bits per heavy atom. The minimum absolute atomic E-state index is 0.0468. The van der Waals surface area contributed by atoms with Crippen molar-refractivity contribution in [2.75, 3.05) is 7.05 Å². The van der Waals surface area contributed by atoms with E-state index in [9.17, 15) is 18.3 Å². The first-order chi connectivity index (χ1) is 17.2. The number of aromatic nitrogens is 2. The number of nitrogens with zero attached hydrogens (tertiary/aromatic N) is 2. The molecule has 1 aromatic heterocycles. The Labute approximate surface area is 210 Å². The standard InChI is InChI=1S/C26H22ClF3N4O2/c1-15(32-31-2)17-4-3-5-18(12-17)24-22(36-14-16-6-8-19(27)9-7-16)11-10-20(25(24)35)21-13-23(34-33-21)26(28,29)30/h3-13,31,35H,14H2,1-2H3,(H,33,34)/b32-15-. The molecule has 186 valence electrons. The van der Waals surface area contributed by atoms with Crippen LogP contribution in [0.1, 0.15) is 23.7 Å². The molecule has 4 rings (SSSR count). The van der Waals surface area contributed by atoms with Gasteiger partial charge in [0.2, 0.25) is 0 Å². The van der Waals surface area contributed by atoms with Crippen molar-refractivity contribution in [2.24, 2.45) is 5.10 Å². The van der Waals surface area contributed by atoms with Gasteiger partial charge in [0.15, 0.2) is 0 Å². The van der Waals surface area contributed by atoms with Gasteiger partial charge in [-0.25, -0.2) is 0 Å². The van der Waals surface area contributed by atoms with Gasteiger partial charge in [-0.1, -0.05) is 41.9 Å². The molecule has 0 radical (unpaired) electrons. The number of hydrazone groups is 1. The van der Waals surface area contributed by atoms with Crippen molar-refractivity contribution in [3.8, 4) is 33.9 Å². The van der Waals surface area contributed by atoms with Crippen LogP contribution < -0.4 is 10.2 Å². The highest BCUT2D eigenvalue weighted by Gasteiger charge is 2.33. The summed E-state index contributed by atoms with van der Waals surface area (Å²) in [7, 11) is 1.68. The van der Waals surface area contributed by atoms with Crippen LogP contribution in [0.4, 0.5) is 13.2 Å². The normalized spacial score (nSPS) is 12.0. The molecule has 0 aliphatic rings. The average Bonchev–Trinajstić information content (AvgIpc) is 3.35. The van der Waals surface area contributed by atoms with Gasteiger partial charge in [-0.3, -0.25) is 5.10 Å². The van der Waals surface area contributed by atoms with Crippen LogP contribution in [0.2, 0.25) is 5.02 Å². The first-order valence-corrected chi connectivity index (χ1v) is 11.2. The van der Waals surface area contributed by atoms with E-state index in [0.29, 0.717) is 27.6 Å².